The Balaban J connectivity index is 1.17. The first-order valence-electron chi connectivity index (χ1n) is 13.8. The summed E-state index contributed by atoms with van der Waals surface area (Å²) in [5, 5.41) is 0. The molecular formula is C32H39O5. The minimum atomic E-state index is -0.162. The molecule has 5 heteroatoms. The van der Waals surface area contributed by atoms with Gasteiger partial charge in [-0.15, -0.1) is 0 Å². The molecule has 2 aromatic rings. The van der Waals surface area contributed by atoms with E-state index in [9.17, 15) is 9.59 Å². The topological polar surface area (TPSA) is 61.8 Å². The summed E-state index contributed by atoms with van der Waals surface area (Å²) in [4.78, 5) is 24.8. The molecule has 1 saturated carbocycles. The van der Waals surface area contributed by atoms with Crippen LogP contribution >= 0.6 is 0 Å². The van der Waals surface area contributed by atoms with Crippen molar-refractivity contribution in [2.24, 2.45) is 11.8 Å². The largest absolute Gasteiger partial charge is 0.494 e. The van der Waals surface area contributed by atoms with Crippen LogP contribution in [0.25, 0.3) is 5.57 Å². The quantitative estimate of drug-likeness (QED) is 0.115. The fraction of sp³-hybridized carbons (Fsp3) is 0.469. The Morgan fingerprint density at radius 1 is 0.865 bits per heavy atom. The molecule has 0 heterocycles. The van der Waals surface area contributed by atoms with Gasteiger partial charge >= 0.3 is 5.97 Å². The summed E-state index contributed by atoms with van der Waals surface area (Å²) in [5.41, 5.74) is 2.84. The van der Waals surface area contributed by atoms with E-state index in [1.807, 2.05) is 42.8 Å². The molecule has 37 heavy (non-hydrogen) atoms. The summed E-state index contributed by atoms with van der Waals surface area (Å²) in [6.45, 7) is 5.06. The molecule has 2 aliphatic carbocycles. The van der Waals surface area contributed by atoms with Crippen molar-refractivity contribution in [3.05, 3.63) is 66.1 Å². The molecule has 1 fully saturated rings. The molecular weight excluding hydrogens is 464 g/mol. The van der Waals surface area contributed by atoms with Gasteiger partial charge in [0.15, 0.2) is 5.78 Å². The van der Waals surface area contributed by atoms with Gasteiger partial charge in [0.1, 0.15) is 17.2 Å². The number of carbonyl (C=O) groups is 2. The third-order valence-corrected chi connectivity index (χ3v) is 7.24. The highest BCUT2D eigenvalue weighted by Gasteiger charge is 2.28. The molecule has 0 aliphatic heterocycles. The molecule has 1 radical (unpaired) electrons. The van der Waals surface area contributed by atoms with Crippen LogP contribution in [0.2, 0.25) is 0 Å². The van der Waals surface area contributed by atoms with Crippen LogP contribution < -0.4 is 14.2 Å². The maximum atomic E-state index is 12.7. The van der Waals surface area contributed by atoms with Crippen LogP contribution in [0, 0.1) is 18.3 Å². The van der Waals surface area contributed by atoms with Gasteiger partial charge in [0.2, 0.25) is 0 Å². The average molecular weight is 504 g/mol. The number of Topliss-reactive ketones (excluding diaryl/α,β-unsaturated/α-hetero) is 1. The summed E-state index contributed by atoms with van der Waals surface area (Å²) in [6, 6.07) is 13.1. The zero-order valence-electron chi connectivity index (χ0n) is 22.2. The minimum Gasteiger partial charge on any atom is -0.494 e. The fourth-order valence-electron chi connectivity index (χ4n) is 4.82. The zero-order chi connectivity index (χ0) is 26.0. The first kappa shape index (κ1) is 27.0. The predicted octanol–water partition coefficient (Wildman–Crippen LogP) is 7.63. The predicted molar refractivity (Wildman–Crippen MR) is 146 cm³/mol. The van der Waals surface area contributed by atoms with E-state index in [0.29, 0.717) is 36.2 Å². The molecule has 0 aromatic heterocycles. The second-order valence-electron chi connectivity index (χ2n) is 10.2. The number of unbranched alkanes of at least 4 members (excludes halogenated alkanes) is 4. The number of ketones is 1. The molecule has 197 valence electrons. The van der Waals surface area contributed by atoms with E-state index in [4.69, 9.17) is 14.2 Å². The molecule has 5 nitrogen and oxygen atoms in total. The number of esters is 1. The van der Waals surface area contributed by atoms with Gasteiger partial charge in [-0.3, -0.25) is 9.59 Å². The van der Waals surface area contributed by atoms with Crippen LogP contribution in [0.1, 0.15) is 87.6 Å². The number of carbonyl (C=O) groups excluding carboxylic acids is 2. The third kappa shape index (κ3) is 8.21. The lowest BCUT2D eigenvalue weighted by molar-refractivity contribution is -0.140. The monoisotopic (exact) mass is 503 g/mol. The van der Waals surface area contributed by atoms with Crippen molar-refractivity contribution in [2.45, 2.75) is 71.6 Å². The first-order chi connectivity index (χ1) is 18.0. The maximum Gasteiger partial charge on any atom is 0.314 e. The van der Waals surface area contributed by atoms with E-state index in [-0.39, 0.29) is 17.7 Å². The number of hydrogen-bond donors (Lipinski definition) is 0. The van der Waals surface area contributed by atoms with Gasteiger partial charge in [-0.05, 0) is 92.5 Å². The highest BCUT2D eigenvalue weighted by atomic mass is 16.5. The summed E-state index contributed by atoms with van der Waals surface area (Å²) in [5.74, 6) is 2.12. The lowest BCUT2D eigenvalue weighted by Gasteiger charge is -2.27. The Bertz CT molecular complexity index is 1080. The molecule has 2 aromatic carbocycles. The molecule has 2 aliphatic rings. The molecule has 0 amide bonds. The van der Waals surface area contributed by atoms with Gasteiger partial charge in [-0.1, -0.05) is 44.7 Å². The standard InChI is InChI=1S/C32H39O5/c1-3-4-5-6-7-20-35-28-15-17-29(18-16-28)37-32(34)26-10-8-24(9-11-26)22-36-31-19-14-27(25-12-13-25)21-30(31)23(2)33/h12-19,21,24,26H,3-11,20,22H2,1-2H3. The van der Waals surface area contributed by atoms with Gasteiger partial charge in [0.05, 0.1) is 24.7 Å². The SMILES string of the molecule is CCCCCCCOc1ccc(OC(=O)C2CCC(COc3ccc(C4=C[CH]4)cc3C(C)=O)CC2)cc1. The number of hydrogen-bond acceptors (Lipinski definition) is 5. The molecule has 0 bridgehead atoms. The van der Waals surface area contributed by atoms with Crippen molar-refractivity contribution in [1.82, 2.24) is 0 Å². The van der Waals surface area contributed by atoms with Crippen LogP contribution in [0.5, 0.6) is 17.2 Å². The molecule has 4 rings (SSSR count). The normalized spacial score (nSPS) is 18.6. The van der Waals surface area contributed by atoms with Crippen LogP contribution in [-0.2, 0) is 4.79 Å². The van der Waals surface area contributed by atoms with Crippen molar-refractivity contribution in [1.29, 1.82) is 0 Å². The van der Waals surface area contributed by atoms with E-state index in [2.05, 4.69) is 6.92 Å². The minimum absolute atomic E-state index is 0.00607. The fourth-order valence-corrected chi connectivity index (χ4v) is 4.82. The van der Waals surface area contributed by atoms with E-state index >= 15 is 0 Å². The van der Waals surface area contributed by atoms with Gasteiger partial charge in [-0.2, -0.15) is 0 Å². The van der Waals surface area contributed by atoms with Crippen LogP contribution in [-0.4, -0.2) is 25.0 Å². The molecule has 0 atom stereocenters. The van der Waals surface area contributed by atoms with E-state index in [1.54, 1.807) is 19.1 Å². The van der Waals surface area contributed by atoms with Crippen molar-refractivity contribution >= 4 is 17.3 Å². The van der Waals surface area contributed by atoms with Crippen LogP contribution in [0.15, 0.2) is 48.5 Å². The summed E-state index contributed by atoms with van der Waals surface area (Å²) < 4.78 is 17.5. The average Bonchev–Trinajstić information content (AvgIpc) is 3.76. The number of ether oxygens (including phenoxy) is 3. The number of allylic oxidation sites excluding steroid dienone is 2. The highest BCUT2D eigenvalue weighted by Crippen LogP contribution is 2.34. The Hall–Kier alpha value is -3.08. The van der Waals surface area contributed by atoms with Crippen LogP contribution in [0.3, 0.4) is 0 Å². The van der Waals surface area contributed by atoms with Crippen molar-refractivity contribution < 1.29 is 23.8 Å². The van der Waals surface area contributed by atoms with E-state index in [1.165, 1.54) is 25.7 Å². The molecule has 0 unspecified atom stereocenters. The molecule has 0 N–H and O–H groups in total. The van der Waals surface area contributed by atoms with Crippen LogP contribution in [0.4, 0.5) is 0 Å². The Kier molecular flexibility index (Phi) is 9.81. The summed E-state index contributed by atoms with van der Waals surface area (Å²) in [7, 11) is 0. The summed E-state index contributed by atoms with van der Waals surface area (Å²) in [6.07, 6.45) is 13.5. The van der Waals surface area contributed by atoms with Crippen molar-refractivity contribution in [3.8, 4) is 17.2 Å². The smallest absolute Gasteiger partial charge is 0.314 e. The zero-order valence-corrected chi connectivity index (χ0v) is 22.2. The number of benzene rings is 2. The lowest BCUT2D eigenvalue weighted by Crippen LogP contribution is -2.27. The second kappa shape index (κ2) is 13.5. The number of rotatable bonds is 14. The Morgan fingerprint density at radius 3 is 2.24 bits per heavy atom. The third-order valence-electron chi connectivity index (χ3n) is 7.24. The summed E-state index contributed by atoms with van der Waals surface area (Å²) >= 11 is 0. The molecule has 0 saturated heterocycles. The first-order valence-corrected chi connectivity index (χ1v) is 13.8. The van der Waals surface area contributed by atoms with Crippen molar-refractivity contribution in [3.63, 3.8) is 0 Å². The second-order valence-corrected chi connectivity index (χ2v) is 10.2. The van der Waals surface area contributed by atoms with Gasteiger partial charge in [0.25, 0.3) is 0 Å². The van der Waals surface area contributed by atoms with Gasteiger partial charge in [0, 0.05) is 6.42 Å². The Morgan fingerprint density at radius 2 is 1.57 bits per heavy atom. The highest BCUT2D eigenvalue weighted by molar-refractivity contribution is 5.99. The van der Waals surface area contributed by atoms with Crippen molar-refractivity contribution in [2.75, 3.05) is 13.2 Å². The van der Waals surface area contributed by atoms with Gasteiger partial charge in [-0.25, -0.2) is 0 Å². The maximum absolute atomic E-state index is 12.7. The van der Waals surface area contributed by atoms with E-state index < -0.39 is 0 Å². The van der Waals surface area contributed by atoms with E-state index in [0.717, 1.165) is 49.0 Å². The van der Waals surface area contributed by atoms with Gasteiger partial charge < -0.3 is 14.2 Å². The Labute approximate surface area is 221 Å². The lowest BCUT2D eigenvalue weighted by atomic mass is 9.82. The molecule has 0 spiro atoms.